The zero-order chi connectivity index (χ0) is 17.9. The predicted molar refractivity (Wildman–Crippen MR) is 90.8 cm³/mol. The van der Waals surface area contributed by atoms with E-state index in [0.717, 1.165) is 5.56 Å². The predicted octanol–water partition coefficient (Wildman–Crippen LogP) is 2.66. The van der Waals surface area contributed by atoms with Crippen molar-refractivity contribution in [3.8, 4) is 0 Å². The molecule has 0 fully saturated rings. The third kappa shape index (κ3) is 3.83. The fourth-order valence-electron chi connectivity index (χ4n) is 2.59. The maximum atomic E-state index is 12.5. The lowest BCUT2D eigenvalue weighted by Gasteiger charge is -2.32. The lowest BCUT2D eigenvalue weighted by molar-refractivity contribution is 0.0706. The van der Waals surface area contributed by atoms with Crippen molar-refractivity contribution in [2.45, 2.75) is 26.8 Å². The van der Waals surface area contributed by atoms with Gasteiger partial charge in [-0.1, -0.05) is 32.9 Å². The molecule has 6 heteroatoms. The Morgan fingerprint density at radius 3 is 2.17 bits per heavy atom. The number of amides is 2. The van der Waals surface area contributed by atoms with E-state index in [9.17, 15) is 9.59 Å². The number of rotatable bonds is 4. The number of carbonyl (C=O) groups is 2. The molecule has 1 unspecified atom stereocenters. The summed E-state index contributed by atoms with van der Waals surface area (Å²) in [6, 6.07) is 10.2. The Morgan fingerprint density at radius 2 is 1.71 bits per heavy atom. The molecule has 128 valence electrons. The average molecular weight is 329 g/mol. The number of hydroxylamine groups is 1. The Balaban J connectivity index is 2.28. The number of aryl methyl sites for hydroxylation is 1. The first-order chi connectivity index (χ1) is 11.2. The fraction of sp³-hybridized carbons (Fsp3) is 0.333. The number of nitrogens with zero attached hydrogens (tertiary/aromatic N) is 1. The number of aromatic nitrogens is 1. The van der Waals surface area contributed by atoms with Gasteiger partial charge in [-0.15, -0.1) is 0 Å². The van der Waals surface area contributed by atoms with Crippen LogP contribution in [0.5, 0.6) is 0 Å². The molecule has 0 saturated carbocycles. The van der Waals surface area contributed by atoms with Gasteiger partial charge in [-0.2, -0.15) is 0 Å². The molecule has 0 aliphatic rings. The molecule has 1 aromatic heterocycles. The van der Waals surface area contributed by atoms with Gasteiger partial charge >= 0.3 is 0 Å². The van der Waals surface area contributed by atoms with Gasteiger partial charge in [-0.25, -0.2) is 5.48 Å². The smallest absolute Gasteiger partial charge is 0.274 e. The number of carbonyl (C=O) groups excluding carboxylic acids is 2. The van der Waals surface area contributed by atoms with E-state index < -0.39 is 5.91 Å². The van der Waals surface area contributed by atoms with Crippen molar-refractivity contribution in [3.63, 3.8) is 0 Å². The molecule has 24 heavy (non-hydrogen) atoms. The molecular formula is C18H23N3O3. The second-order valence-corrected chi connectivity index (χ2v) is 6.84. The van der Waals surface area contributed by atoms with Crippen LogP contribution in [0.2, 0.25) is 0 Å². The zero-order valence-corrected chi connectivity index (χ0v) is 14.3. The summed E-state index contributed by atoms with van der Waals surface area (Å²) in [5.74, 6) is -0.721. The lowest BCUT2D eigenvalue weighted by Crippen LogP contribution is -2.37. The summed E-state index contributed by atoms with van der Waals surface area (Å²) in [5, 5.41) is 11.8. The number of hydrogen-bond acceptors (Lipinski definition) is 3. The number of hydrogen-bond donors (Lipinski definition) is 3. The molecule has 1 heterocycles. The maximum Gasteiger partial charge on any atom is 0.274 e. The van der Waals surface area contributed by atoms with Crippen molar-refractivity contribution in [1.82, 2.24) is 15.4 Å². The summed E-state index contributed by atoms with van der Waals surface area (Å²) in [5.41, 5.74) is 3.21. The number of nitrogens with one attached hydrogen (secondary N) is 2. The first kappa shape index (κ1) is 17.7. The first-order valence-corrected chi connectivity index (χ1v) is 7.70. The van der Waals surface area contributed by atoms with Crippen molar-refractivity contribution in [1.29, 1.82) is 0 Å². The molecule has 1 aromatic carbocycles. The van der Waals surface area contributed by atoms with Gasteiger partial charge in [0.05, 0.1) is 6.04 Å². The minimum Gasteiger partial charge on any atom is -0.347 e. The molecule has 0 bridgehead atoms. The van der Waals surface area contributed by atoms with Crippen molar-refractivity contribution in [2.75, 3.05) is 0 Å². The maximum absolute atomic E-state index is 12.5. The van der Waals surface area contributed by atoms with Gasteiger partial charge in [0, 0.05) is 18.8 Å². The molecule has 6 nitrogen and oxygen atoms in total. The van der Waals surface area contributed by atoms with E-state index in [1.807, 2.05) is 40.1 Å². The third-order valence-electron chi connectivity index (χ3n) is 3.93. The monoisotopic (exact) mass is 329 g/mol. The number of benzene rings is 1. The summed E-state index contributed by atoms with van der Waals surface area (Å²) in [6.45, 7) is 6.12. The Kier molecular flexibility index (Phi) is 5.09. The van der Waals surface area contributed by atoms with Crippen LogP contribution in [0.15, 0.2) is 42.6 Å². The van der Waals surface area contributed by atoms with Gasteiger partial charge in [0.1, 0.15) is 5.69 Å². The fourth-order valence-corrected chi connectivity index (χ4v) is 2.59. The van der Waals surface area contributed by atoms with E-state index in [1.54, 1.807) is 40.4 Å². The molecule has 2 amide bonds. The van der Waals surface area contributed by atoms with Crippen LogP contribution in [0.1, 0.15) is 53.2 Å². The highest BCUT2D eigenvalue weighted by atomic mass is 16.5. The molecule has 0 saturated heterocycles. The van der Waals surface area contributed by atoms with Crippen LogP contribution in [0.25, 0.3) is 0 Å². The Morgan fingerprint density at radius 1 is 1.08 bits per heavy atom. The van der Waals surface area contributed by atoms with E-state index in [2.05, 4.69) is 5.32 Å². The molecule has 0 aliphatic carbocycles. The van der Waals surface area contributed by atoms with Gasteiger partial charge in [0.25, 0.3) is 11.8 Å². The second kappa shape index (κ2) is 6.88. The van der Waals surface area contributed by atoms with Crippen molar-refractivity contribution in [3.05, 3.63) is 59.4 Å². The van der Waals surface area contributed by atoms with Gasteiger partial charge in [-0.3, -0.25) is 14.8 Å². The lowest BCUT2D eigenvalue weighted by atomic mass is 9.82. The minimum absolute atomic E-state index is 0.153. The largest absolute Gasteiger partial charge is 0.347 e. The highest BCUT2D eigenvalue weighted by molar-refractivity contribution is 5.94. The van der Waals surface area contributed by atoms with Crippen LogP contribution in [-0.4, -0.2) is 21.6 Å². The molecule has 0 aliphatic heterocycles. The molecule has 0 radical (unpaired) electrons. The minimum atomic E-state index is -0.568. The highest BCUT2D eigenvalue weighted by Gasteiger charge is 2.28. The Bertz CT molecular complexity index is 727. The average Bonchev–Trinajstić information content (AvgIpc) is 2.97. The SMILES string of the molecule is Cn1cccc1C(=O)NC(c1ccc(C(=O)NO)cc1)C(C)(C)C. The molecule has 3 N–H and O–H groups in total. The van der Waals surface area contributed by atoms with E-state index in [1.165, 1.54) is 0 Å². The van der Waals surface area contributed by atoms with Gasteiger partial charge in [0.2, 0.25) is 0 Å². The summed E-state index contributed by atoms with van der Waals surface area (Å²) in [4.78, 5) is 24.0. The topological polar surface area (TPSA) is 83.4 Å². The van der Waals surface area contributed by atoms with Crippen molar-refractivity contribution < 1.29 is 14.8 Å². The third-order valence-corrected chi connectivity index (χ3v) is 3.93. The summed E-state index contributed by atoms with van der Waals surface area (Å²) in [6.07, 6.45) is 1.82. The van der Waals surface area contributed by atoms with E-state index in [-0.39, 0.29) is 17.4 Å². The molecule has 2 rings (SSSR count). The molecule has 0 spiro atoms. The van der Waals surface area contributed by atoms with Crippen LogP contribution >= 0.6 is 0 Å². The second-order valence-electron chi connectivity index (χ2n) is 6.84. The van der Waals surface area contributed by atoms with Crippen molar-refractivity contribution >= 4 is 11.8 Å². The Hall–Kier alpha value is -2.60. The van der Waals surface area contributed by atoms with E-state index in [4.69, 9.17) is 5.21 Å². The van der Waals surface area contributed by atoms with Crippen LogP contribution in [0.3, 0.4) is 0 Å². The summed E-state index contributed by atoms with van der Waals surface area (Å²) < 4.78 is 1.77. The van der Waals surface area contributed by atoms with Crippen molar-refractivity contribution in [2.24, 2.45) is 12.5 Å². The van der Waals surface area contributed by atoms with Gasteiger partial charge < -0.3 is 9.88 Å². The van der Waals surface area contributed by atoms with Crippen LogP contribution in [0.4, 0.5) is 0 Å². The summed E-state index contributed by atoms with van der Waals surface area (Å²) >= 11 is 0. The van der Waals surface area contributed by atoms with Gasteiger partial charge in [0.15, 0.2) is 0 Å². The van der Waals surface area contributed by atoms with E-state index >= 15 is 0 Å². The highest BCUT2D eigenvalue weighted by Crippen LogP contribution is 2.33. The van der Waals surface area contributed by atoms with Crippen LogP contribution in [-0.2, 0) is 7.05 Å². The molecular weight excluding hydrogens is 306 g/mol. The standard InChI is InChI=1S/C18H23N3O3/c1-18(2,3)15(19-17(23)14-6-5-11-21(14)4)12-7-9-13(10-8-12)16(22)20-24/h5-11,15,24H,1-4H3,(H,19,23)(H,20,22). The van der Waals surface area contributed by atoms with Crippen LogP contribution in [0, 0.1) is 5.41 Å². The van der Waals surface area contributed by atoms with Gasteiger partial charge in [-0.05, 0) is 35.2 Å². The quantitative estimate of drug-likeness (QED) is 0.596. The molecule has 2 aromatic rings. The van der Waals surface area contributed by atoms with Crippen LogP contribution < -0.4 is 10.8 Å². The Labute approximate surface area is 141 Å². The summed E-state index contributed by atoms with van der Waals surface area (Å²) in [7, 11) is 1.82. The normalized spacial score (nSPS) is 12.5. The molecule has 1 atom stereocenters. The van der Waals surface area contributed by atoms with E-state index in [0.29, 0.717) is 11.3 Å². The zero-order valence-electron chi connectivity index (χ0n) is 14.3. The first-order valence-electron chi connectivity index (χ1n) is 7.70.